The van der Waals surface area contributed by atoms with Crippen molar-refractivity contribution in [3.05, 3.63) is 35.6 Å². The molecule has 0 aromatic carbocycles. The van der Waals surface area contributed by atoms with Crippen LogP contribution in [-0.2, 0) is 0 Å². The van der Waals surface area contributed by atoms with Crippen LogP contribution in [0.1, 0.15) is 13.8 Å². The van der Waals surface area contributed by atoms with Gasteiger partial charge in [-0.2, -0.15) is 0 Å². The Morgan fingerprint density at radius 3 is 3.00 bits per heavy atom. The fourth-order valence-corrected chi connectivity index (χ4v) is 1.00. The largest absolute Gasteiger partial charge is 0.387 e. The van der Waals surface area contributed by atoms with E-state index in [1.54, 1.807) is 0 Å². The molecule has 0 aromatic rings. The predicted octanol–water partition coefficient (Wildman–Crippen LogP) is 2.00. The molecular weight excluding hydrogens is 122 g/mol. The Morgan fingerprint density at radius 1 is 1.60 bits per heavy atom. The first-order chi connectivity index (χ1) is 4.84. The van der Waals surface area contributed by atoms with Crippen LogP contribution in [-0.4, -0.2) is 6.54 Å². The topological polar surface area (TPSA) is 12.0 Å². The molecule has 1 rings (SSSR count). The highest BCUT2D eigenvalue weighted by Gasteiger charge is 1.97. The van der Waals surface area contributed by atoms with Crippen molar-refractivity contribution in [3.63, 3.8) is 0 Å². The Balaban J connectivity index is 2.74. The van der Waals surface area contributed by atoms with E-state index in [-0.39, 0.29) is 0 Å². The summed E-state index contributed by atoms with van der Waals surface area (Å²) in [5, 5.41) is 3.15. The van der Waals surface area contributed by atoms with Gasteiger partial charge in [0.1, 0.15) is 0 Å². The SMILES string of the molecule is C/C=C/C1=CCNC=C1C. The second-order valence-corrected chi connectivity index (χ2v) is 2.40. The molecule has 0 saturated heterocycles. The molecule has 0 aliphatic carbocycles. The minimum Gasteiger partial charge on any atom is -0.387 e. The molecule has 1 heterocycles. The highest BCUT2D eigenvalue weighted by Crippen LogP contribution is 2.11. The zero-order valence-corrected chi connectivity index (χ0v) is 6.52. The molecule has 1 aliphatic heterocycles. The van der Waals surface area contributed by atoms with Gasteiger partial charge >= 0.3 is 0 Å². The third kappa shape index (κ3) is 1.50. The van der Waals surface area contributed by atoms with Crippen LogP contribution >= 0.6 is 0 Å². The highest BCUT2D eigenvalue weighted by molar-refractivity contribution is 5.39. The summed E-state index contributed by atoms with van der Waals surface area (Å²) < 4.78 is 0. The summed E-state index contributed by atoms with van der Waals surface area (Å²) in [5.41, 5.74) is 2.64. The second kappa shape index (κ2) is 3.25. The number of hydrogen-bond acceptors (Lipinski definition) is 1. The van der Waals surface area contributed by atoms with Gasteiger partial charge in [-0.1, -0.05) is 18.2 Å². The molecule has 1 N–H and O–H groups in total. The molecule has 0 saturated carbocycles. The van der Waals surface area contributed by atoms with Crippen LogP contribution in [0.2, 0.25) is 0 Å². The first kappa shape index (κ1) is 7.13. The van der Waals surface area contributed by atoms with Gasteiger partial charge in [0.05, 0.1) is 0 Å². The molecule has 10 heavy (non-hydrogen) atoms. The highest BCUT2D eigenvalue weighted by atomic mass is 14.8. The van der Waals surface area contributed by atoms with Crippen molar-refractivity contribution >= 4 is 0 Å². The van der Waals surface area contributed by atoms with Gasteiger partial charge in [-0.3, -0.25) is 0 Å². The van der Waals surface area contributed by atoms with E-state index in [2.05, 4.69) is 36.7 Å². The maximum absolute atomic E-state index is 3.15. The van der Waals surface area contributed by atoms with Crippen LogP contribution in [0.25, 0.3) is 0 Å². The predicted molar refractivity (Wildman–Crippen MR) is 44.7 cm³/mol. The molecule has 0 amide bonds. The number of rotatable bonds is 1. The Hall–Kier alpha value is -0.980. The van der Waals surface area contributed by atoms with Crippen molar-refractivity contribution in [1.82, 2.24) is 5.32 Å². The first-order valence-corrected chi connectivity index (χ1v) is 3.58. The normalized spacial score (nSPS) is 18.2. The van der Waals surface area contributed by atoms with Crippen molar-refractivity contribution in [1.29, 1.82) is 0 Å². The average Bonchev–Trinajstić information content (AvgIpc) is 1.94. The van der Waals surface area contributed by atoms with Crippen LogP contribution in [0, 0.1) is 0 Å². The van der Waals surface area contributed by atoms with Crippen LogP contribution in [0.4, 0.5) is 0 Å². The van der Waals surface area contributed by atoms with Gasteiger partial charge in [0.25, 0.3) is 0 Å². The van der Waals surface area contributed by atoms with Gasteiger partial charge in [-0.05, 0) is 25.0 Å². The quantitative estimate of drug-likeness (QED) is 0.580. The van der Waals surface area contributed by atoms with E-state index in [0.29, 0.717) is 0 Å². The van der Waals surface area contributed by atoms with Crippen LogP contribution < -0.4 is 5.32 Å². The first-order valence-electron chi connectivity index (χ1n) is 3.58. The lowest BCUT2D eigenvalue weighted by atomic mass is 10.1. The lowest BCUT2D eigenvalue weighted by molar-refractivity contribution is 0.943. The second-order valence-electron chi connectivity index (χ2n) is 2.40. The van der Waals surface area contributed by atoms with E-state index in [1.165, 1.54) is 11.1 Å². The van der Waals surface area contributed by atoms with Crippen molar-refractivity contribution in [3.8, 4) is 0 Å². The van der Waals surface area contributed by atoms with E-state index >= 15 is 0 Å². The smallest absolute Gasteiger partial charge is 0.0334 e. The van der Waals surface area contributed by atoms with Gasteiger partial charge in [-0.15, -0.1) is 0 Å². The van der Waals surface area contributed by atoms with Gasteiger partial charge in [0.2, 0.25) is 0 Å². The fourth-order valence-electron chi connectivity index (χ4n) is 1.00. The Kier molecular flexibility index (Phi) is 2.32. The van der Waals surface area contributed by atoms with Gasteiger partial charge in [0.15, 0.2) is 0 Å². The number of dihydropyridines is 1. The molecule has 0 spiro atoms. The Bertz CT molecular complexity index is 197. The fraction of sp³-hybridized carbons (Fsp3) is 0.333. The van der Waals surface area contributed by atoms with E-state index in [9.17, 15) is 0 Å². The standard InChI is InChI=1S/C9H13N/c1-3-4-9-5-6-10-7-8(9)2/h3-5,7,10H,6H2,1-2H3/b4-3+. The molecule has 1 nitrogen and oxygen atoms in total. The molecule has 0 fully saturated rings. The van der Waals surface area contributed by atoms with Crippen molar-refractivity contribution in [2.24, 2.45) is 0 Å². The minimum atomic E-state index is 0.955. The average molecular weight is 135 g/mol. The third-order valence-corrected chi connectivity index (χ3v) is 1.56. The van der Waals surface area contributed by atoms with E-state index in [0.717, 1.165) is 6.54 Å². The maximum Gasteiger partial charge on any atom is 0.0334 e. The summed E-state index contributed by atoms with van der Waals surface area (Å²) in [4.78, 5) is 0. The number of hydrogen-bond donors (Lipinski definition) is 1. The number of nitrogens with one attached hydrogen (secondary N) is 1. The Labute approximate surface area is 62.1 Å². The zero-order valence-electron chi connectivity index (χ0n) is 6.52. The van der Waals surface area contributed by atoms with E-state index in [1.807, 2.05) is 6.92 Å². The molecule has 1 heteroatoms. The Morgan fingerprint density at radius 2 is 2.40 bits per heavy atom. The molecule has 1 aliphatic rings. The summed E-state index contributed by atoms with van der Waals surface area (Å²) in [6.45, 7) is 5.10. The molecule has 0 atom stereocenters. The van der Waals surface area contributed by atoms with Gasteiger partial charge < -0.3 is 5.32 Å². The number of allylic oxidation sites excluding steroid dienone is 4. The van der Waals surface area contributed by atoms with Gasteiger partial charge in [0, 0.05) is 12.7 Å². The van der Waals surface area contributed by atoms with Crippen molar-refractivity contribution in [2.45, 2.75) is 13.8 Å². The summed E-state index contributed by atoms with van der Waals surface area (Å²) in [6, 6.07) is 0. The molecule has 0 unspecified atom stereocenters. The molecule has 54 valence electrons. The van der Waals surface area contributed by atoms with Crippen molar-refractivity contribution in [2.75, 3.05) is 6.54 Å². The molecule has 0 radical (unpaired) electrons. The molecule has 0 aromatic heterocycles. The molecule has 0 bridgehead atoms. The zero-order chi connectivity index (χ0) is 7.40. The summed E-state index contributed by atoms with van der Waals surface area (Å²) >= 11 is 0. The lowest BCUT2D eigenvalue weighted by Gasteiger charge is -2.09. The molecular formula is C9H13N. The van der Waals surface area contributed by atoms with Crippen LogP contribution in [0.3, 0.4) is 0 Å². The minimum absolute atomic E-state index is 0.955. The van der Waals surface area contributed by atoms with Crippen LogP contribution in [0.5, 0.6) is 0 Å². The maximum atomic E-state index is 3.15. The third-order valence-electron chi connectivity index (χ3n) is 1.56. The summed E-state index contributed by atoms with van der Waals surface area (Å²) in [7, 11) is 0. The monoisotopic (exact) mass is 135 g/mol. The summed E-state index contributed by atoms with van der Waals surface area (Å²) in [5.74, 6) is 0. The summed E-state index contributed by atoms with van der Waals surface area (Å²) in [6.07, 6.45) is 8.44. The lowest BCUT2D eigenvalue weighted by Crippen LogP contribution is -2.10. The van der Waals surface area contributed by atoms with E-state index < -0.39 is 0 Å². The van der Waals surface area contributed by atoms with Crippen LogP contribution in [0.15, 0.2) is 35.6 Å². The van der Waals surface area contributed by atoms with Gasteiger partial charge in [-0.25, -0.2) is 0 Å². The van der Waals surface area contributed by atoms with Crippen molar-refractivity contribution < 1.29 is 0 Å². The van der Waals surface area contributed by atoms with E-state index in [4.69, 9.17) is 0 Å².